The summed E-state index contributed by atoms with van der Waals surface area (Å²) in [6.45, 7) is 2.80. The topological polar surface area (TPSA) is 95.7 Å². The molecule has 0 amide bonds. The molecule has 7 nitrogen and oxygen atoms in total. The van der Waals surface area contributed by atoms with Gasteiger partial charge in [0.05, 0.1) is 18.6 Å². The van der Waals surface area contributed by atoms with E-state index in [1.165, 1.54) is 21.0 Å². The van der Waals surface area contributed by atoms with Crippen LogP contribution in [0.25, 0.3) is 0 Å². The molecule has 0 spiro atoms. The minimum Gasteiger partial charge on any atom is -0.490 e. The van der Waals surface area contributed by atoms with E-state index in [0.29, 0.717) is 0 Å². The number of ketones is 1. The Labute approximate surface area is 119 Å². The minimum absolute atomic E-state index is 0.0604. The zero-order chi connectivity index (χ0) is 16.2. The van der Waals surface area contributed by atoms with Crippen molar-refractivity contribution in [3.05, 3.63) is 33.4 Å². The third-order valence-corrected chi connectivity index (χ3v) is 2.68. The summed E-state index contributed by atoms with van der Waals surface area (Å²) in [7, 11) is 1.19. The molecular weight excluding hydrogens is 285 g/mol. The predicted octanol–water partition coefficient (Wildman–Crippen LogP) is 2.00. The van der Waals surface area contributed by atoms with Gasteiger partial charge in [-0.2, -0.15) is 0 Å². The molecule has 1 atom stereocenters. The summed E-state index contributed by atoms with van der Waals surface area (Å²) in [5.74, 6) is -2.61. The minimum atomic E-state index is -2.48. The first-order valence-electron chi connectivity index (χ1n) is 6.01. The average Bonchev–Trinajstić information content (AvgIpc) is 2.44. The number of nitro benzene ring substituents is 1. The van der Waals surface area contributed by atoms with Gasteiger partial charge in [0.2, 0.25) is 5.78 Å². The quantitative estimate of drug-likeness (QED) is 0.262. The maximum Gasteiger partial charge on any atom is 0.348 e. The van der Waals surface area contributed by atoms with Crippen molar-refractivity contribution in [2.45, 2.75) is 20.0 Å². The Bertz CT molecular complexity index is 586. The summed E-state index contributed by atoms with van der Waals surface area (Å²) in [4.78, 5) is 33.3. The van der Waals surface area contributed by atoms with Crippen LogP contribution in [0.5, 0.6) is 5.75 Å². The summed E-state index contributed by atoms with van der Waals surface area (Å²) >= 11 is 0. The van der Waals surface area contributed by atoms with Gasteiger partial charge < -0.3 is 9.47 Å². The van der Waals surface area contributed by atoms with Gasteiger partial charge in [0, 0.05) is 11.1 Å². The number of alkyl halides is 1. The van der Waals surface area contributed by atoms with Gasteiger partial charge in [-0.05, 0) is 26.0 Å². The highest BCUT2D eigenvalue weighted by Gasteiger charge is 2.31. The highest BCUT2D eigenvalue weighted by atomic mass is 19.1. The molecule has 1 rings (SSSR count). The molecule has 0 aliphatic rings. The Morgan fingerprint density at radius 3 is 2.52 bits per heavy atom. The van der Waals surface area contributed by atoms with E-state index in [0.717, 1.165) is 12.1 Å². The number of halogens is 1. The first-order chi connectivity index (χ1) is 9.83. The highest BCUT2D eigenvalue weighted by Crippen LogP contribution is 2.32. The van der Waals surface area contributed by atoms with Gasteiger partial charge in [-0.1, -0.05) is 0 Å². The van der Waals surface area contributed by atoms with E-state index in [9.17, 15) is 24.1 Å². The van der Waals surface area contributed by atoms with Gasteiger partial charge in [-0.25, -0.2) is 9.18 Å². The van der Waals surface area contributed by atoms with Crippen molar-refractivity contribution in [1.82, 2.24) is 0 Å². The van der Waals surface area contributed by atoms with Crippen LogP contribution in [0.3, 0.4) is 0 Å². The highest BCUT2D eigenvalue weighted by molar-refractivity contribution is 6.11. The number of hydrogen-bond acceptors (Lipinski definition) is 6. The Kier molecular flexibility index (Phi) is 5.34. The van der Waals surface area contributed by atoms with E-state index in [4.69, 9.17) is 4.74 Å². The van der Waals surface area contributed by atoms with Crippen molar-refractivity contribution in [3.63, 3.8) is 0 Å². The summed E-state index contributed by atoms with van der Waals surface area (Å²) in [6.07, 6.45) is -2.48. The lowest BCUT2D eigenvalue weighted by atomic mass is 10.0. The number of nitrogens with zero attached hydrogens (tertiary/aromatic N) is 1. The van der Waals surface area contributed by atoms with Crippen molar-refractivity contribution in [2.75, 3.05) is 13.7 Å². The number of benzene rings is 1. The Morgan fingerprint density at radius 1 is 1.43 bits per heavy atom. The van der Waals surface area contributed by atoms with Crippen molar-refractivity contribution >= 4 is 17.4 Å². The number of aryl methyl sites for hydroxylation is 1. The average molecular weight is 299 g/mol. The van der Waals surface area contributed by atoms with Gasteiger partial charge >= 0.3 is 11.7 Å². The number of Topliss-reactive ketones (excluding diaryl/α,β-unsaturated/α-hetero) is 1. The molecule has 8 heteroatoms. The number of carbonyl (C=O) groups excluding carboxylic acids is 2. The van der Waals surface area contributed by atoms with E-state index >= 15 is 0 Å². The van der Waals surface area contributed by atoms with E-state index < -0.39 is 22.8 Å². The predicted molar refractivity (Wildman–Crippen MR) is 70.2 cm³/mol. The molecule has 21 heavy (non-hydrogen) atoms. The maximum atomic E-state index is 13.7. The molecule has 1 unspecified atom stereocenters. The second-order valence-electron chi connectivity index (χ2n) is 4.08. The van der Waals surface area contributed by atoms with Gasteiger partial charge in [0.1, 0.15) is 0 Å². The molecule has 0 radical (unpaired) electrons. The fourth-order valence-electron chi connectivity index (χ4n) is 1.75. The fourth-order valence-corrected chi connectivity index (χ4v) is 1.75. The van der Waals surface area contributed by atoms with Crippen LogP contribution in [-0.2, 0) is 9.53 Å². The Balaban J connectivity index is 3.20. The zero-order valence-corrected chi connectivity index (χ0v) is 11.7. The first kappa shape index (κ1) is 16.5. The molecule has 0 saturated heterocycles. The van der Waals surface area contributed by atoms with Crippen molar-refractivity contribution < 1.29 is 28.4 Å². The zero-order valence-electron chi connectivity index (χ0n) is 11.7. The lowest BCUT2D eigenvalue weighted by molar-refractivity contribution is -0.386. The fraction of sp³-hybridized carbons (Fsp3) is 0.385. The molecule has 114 valence electrons. The van der Waals surface area contributed by atoms with E-state index in [1.807, 2.05) is 0 Å². The van der Waals surface area contributed by atoms with Crippen LogP contribution in [0.15, 0.2) is 12.1 Å². The van der Waals surface area contributed by atoms with Crippen LogP contribution >= 0.6 is 0 Å². The number of nitro groups is 1. The van der Waals surface area contributed by atoms with Crippen LogP contribution in [0.1, 0.15) is 22.8 Å². The largest absolute Gasteiger partial charge is 0.490 e. The molecule has 0 N–H and O–H groups in total. The van der Waals surface area contributed by atoms with Gasteiger partial charge in [-0.3, -0.25) is 14.9 Å². The molecule has 0 saturated carbocycles. The normalized spacial score (nSPS) is 11.6. The molecule has 0 aliphatic carbocycles. The van der Waals surface area contributed by atoms with Crippen molar-refractivity contribution in [2.24, 2.45) is 0 Å². The number of rotatable bonds is 6. The van der Waals surface area contributed by atoms with Gasteiger partial charge in [0.15, 0.2) is 5.75 Å². The Hall–Kier alpha value is -2.51. The molecule has 0 aliphatic heterocycles. The molecule has 1 aromatic carbocycles. The SMILES string of the molecule is CCOC(=O)C(F)C(=O)c1cc(C)c([N+](=O)[O-])c(OC)c1. The van der Waals surface area contributed by atoms with Crippen LogP contribution in [0.4, 0.5) is 10.1 Å². The molecule has 0 bridgehead atoms. The van der Waals surface area contributed by atoms with Crippen molar-refractivity contribution in [1.29, 1.82) is 0 Å². The monoisotopic (exact) mass is 299 g/mol. The second kappa shape index (κ2) is 6.78. The molecule has 0 heterocycles. The summed E-state index contributed by atoms with van der Waals surface area (Å²) in [5, 5.41) is 10.9. The molecule has 0 fully saturated rings. The van der Waals surface area contributed by atoms with Crippen LogP contribution in [-0.4, -0.2) is 36.6 Å². The van der Waals surface area contributed by atoms with Crippen LogP contribution in [0, 0.1) is 17.0 Å². The number of carbonyl (C=O) groups is 2. The smallest absolute Gasteiger partial charge is 0.348 e. The number of hydrogen-bond donors (Lipinski definition) is 0. The number of ether oxygens (including phenoxy) is 2. The maximum absolute atomic E-state index is 13.7. The number of methoxy groups -OCH3 is 1. The van der Waals surface area contributed by atoms with E-state index in [-0.39, 0.29) is 29.2 Å². The molecule has 0 aromatic heterocycles. The summed E-state index contributed by atoms with van der Waals surface area (Å²) < 4.78 is 22.9. The summed E-state index contributed by atoms with van der Waals surface area (Å²) in [6, 6.07) is 2.16. The number of esters is 1. The van der Waals surface area contributed by atoms with E-state index in [1.54, 1.807) is 0 Å². The Morgan fingerprint density at radius 2 is 2.05 bits per heavy atom. The third-order valence-electron chi connectivity index (χ3n) is 2.68. The first-order valence-corrected chi connectivity index (χ1v) is 6.01. The lowest BCUT2D eigenvalue weighted by Crippen LogP contribution is -2.28. The summed E-state index contributed by atoms with van der Waals surface area (Å²) in [5.41, 5.74) is -0.394. The van der Waals surface area contributed by atoms with Crippen molar-refractivity contribution in [3.8, 4) is 5.75 Å². The third kappa shape index (κ3) is 3.53. The standard InChI is InChI=1S/C13H14FNO6/c1-4-21-13(17)10(14)12(16)8-5-7(2)11(15(18)19)9(6-8)20-3/h5-6,10H,4H2,1-3H3. The molecule has 1 aromatic rings. The van der Waals surface area contributed by atoms with Crippen LogP contribution < -0.4 is 4.74 Å². The van der Waals surface area contributed by atoms with Gasteiger partial charge in [-0.15, -0.1) is 0 Å². The second-order valence-corrected chi connectivity index (χ2v) is 4.08. The lowest BCUT2D eigenvalue weighted by Gasteiger charge is -2.10. The van der Waals surface area contributed by atoms with E-state index in [2.05, 4.69) is 4.74 Å². The molecular formula is C13H14FNO6. The van der Waals surface area contributed by atoms with Crippen LogP contribution in [0.2, 0.25) is 0 Å². The van der Waals surface area contributed by atoms with Gasteiger partial charge in [0.25, 0.3) is 6.17 Å².